The number of carbonyl (C=O) groups is 1. The summed E-state index contributed by atoms with van der Waals surface area (Å²) in [7, 11) is 0. The Morgan fingerprint density at radius 2 is 2.21 bits per heavy atom. The minimum Gasteiger partial charge on any atom is -0.507 e. The van der Waals surface area contributed by atoms with Crippen molar-refractivity contribution in [2.24, 2.45) is 0 Å². The average Bonchev–Trinajstić information content (AvgIpc) is 2.50. The first-order chi connectivity index (χ1) is 6.61. The molecule has 2 rings (SSSR count). The molecule has 4 nitrogen and oxygen atoms in total. The van der Waals surface area contributed by atoms with Crippen LogP contribution >= 0.6 is 0 Å². The fourth-order valence-electron chi connectivity index (χ4n) is 1.35. The summed E-state index contributed by atoms with van der Waals surface area (Å²) in [5, 5.41) is 18.0. The number of aromatic amines is 1. The van der Waals surface area contributed by atoms with Crippen LogP contribution in [-0.4, -0.2) is 21.2 Å². The monoisotopic (exact) mass is 195 g/mol. The number of rotatable bonds is 1. The Morgan fingerprint density at radius 3 is 2.86 bits per heavy atom. The fraction of sp³-hybridized carbons (Fsp3) is 0. The van der Waals surface area contributed by atoms with E-state index in [2.05, 4.69) is 4.98 Å². The lowest BCUT2D eigenvalue weighted by Crippen LogP contribution is -2.01. The highest BCUT2D eigenvalue weighted by molar-refractivity contribution is 5.97. The minimum absolute atomic E-state index is 0.153. The first kappa shape index (κ1) is 8.55. The molecule has 0 saturated carbocycles. The highest BCUT2D eigenvalue weighted by Crippen LogP contribution is 2.28. The third-order valence-corrected chi connectivity index (χ3v) is 1.99. The Balaban J connectivity index is 2.89. The highest BCUT2D eigenvalue weighted by atomic mass is 19.1. The number of halogens is 1. The van der Waals surface area contributed by atoms with Crippen LogP contribution in [0.25, 0.3) is 10.9 Å². The molecule has 0 unspecified atom stereocenters. The summed E-state index contributed by atoms with van der Waals surface area (Å²) in [6.45, 7) is 0. The zero-order chi connectivity index (χ0) is 10.3. The number of fused-ring (bicyclic) bond motifs is 1. The van der Waals surface area contributed by atoms with Gasteiger partial charge in [0.25, 0.3) is 0 Å². The summed E-state index contributed by atoms with van der Waals surface area (Å²) < 4.78 is 13.5. The summed E-state index contributed by atoms with van der Waals surface area (Å²) >= 11 is 0. The number of hydrogen-bond acceptors (Lipinski definition) is 2. The SMILES string of the molecule is O=C(O)c1c(O)cc2[nH]ccc2c1F. The zero-order valence-corrected chi connectivity index (χ0v) is 6.91. The third-order valence-electron chi connectivity index (χ3n) is 1.99. The molecule has 0 bridgehead atoms. The topological polar surface area (TPSA) is 73.3 Å². The van der Waals surface area contributed by atoms with Crippen molar-refractivity contribution in [3.8, 4) is 5.75 Å². The maximum atomic E-state index is 13.5. The van der Waals surface area contributed by atoms with Crippen LogP contribution in [0.15, 0.2) is 18.3 Å². The number of carboxylic acids is 1. The normalized spacial score (nSPS) is 10.6. The van der Waals surface area contributed by atoms with Crippen LogP contribution in [0.3, 0.4) is 0 Å². The largest absolute Gasteiger partial charge is 0.507 e. The van der Waals surface area contributed by atoms with Gasteiger partial charge in [-0.15, -0.1) is 0 Å². The smallest absolute Gasteiger partial charge is 0.342 e. The van der Waals surface area contributed by atoms with Crippen molar-refractivity contribution in [1.29, 1.82) is 0 Å². The zero-order valence-electron chi connectivity index (χ0n) is 6.91. The van der Waals surface area contributed by atoms with Gasteiger partial charge in [-0.3, -0.25) is 0 Å². The van der Waals surface area contributed by atoms with Crippen molar-refractivity contribution in [1.82, 2.24) is 4.98 Å². The number of nitrogens with one attached hydrogen (secondary N) is 1. The quantitative estimate of drug-likeness (QED) is 0.648. The number of hydrogen-bond donors (Lipinski definition) is 3. The van der Waals surface area contributed by atoms with Crippen LogP contribution < -0.4 is 0 Å². The molecule has 72 valence electrons. The molecule has 0 saturated heterocycles. The lowest BCUT2D eigenvalue weighted by molar-refractivity contribution is 0.0689. The van der Waals surface area contributed by atoms with E-state index in [1.807, 2.05) is 0 Å². The molecule has 0 radical (unpaired) electrons. The molecule has 0 aliphatic carbocycles. The fourth-order valence-corrected chi connectivity index (χ4v) is 1.35. The van der Waals surface area contributed by atoms with E-state index in [0.29, 0.717) is 5.52 Å². The van der Waals surface area contributed by atoms with Crippen molar-refractivity contribution in [3.63, 3.8) is 0 Å². The van der Waals surface area contributed by atoms with E-state index >= 15 is 0 Å². The Kier molecular flexibility index (Phi) is 1.67. The maximum Gasteiger partial charge on any atom is 0.342 e. The summed E-state index contributed by atoms with van der Waals surface area (Å²) in [6, 6.07) is 2.60. The van der Waals surface area contributed by atoms with Crippen LogP contribution in [0.5, 0.6) is 5.75 Å². The van der Waals surface area contributed by atoms with E-state index in [9.17, 15) is 14.3 Å². The molecule has 0 amide bonds. The van der Waals surface area contributed by atoms with Gasteiger partial charge in [-0.05, 0) is 6.07 Å². The van der Waals surface area contributed by atoms with Gasteiger partial charge < -0.3 is 15.2 Å². The van der Waals surface area contributed by atoms with Gasteiger partial charge in [-0.2, -0.15) is 0 Å². The number of aromatic hydroxyl groups is 1. The summed E-state index contributed by atoms with van der Waals surface area (Å²) in [6.07, 6.45) is 1.47. The molecule has 0 aliphatic heterocycles. The minimum atomic E-state index is -1.48. The van der Waals surface area contributed by atoms with E-state index in [1.165, 1.54) is 18.3 Å². The second-order valence-electron chi connectivity index (χ2n) is 2.83. The molecule has 0 spiro atoms. The second-order valence-corrected chi connectivity index (χ2v) is 2.83. The third kappa shape index (κ3) is 1.02. The molecule has 0 aliphatic rings. The average molecular weight is 195 g/mol. The van der Waals surface area contributed by atoms with Gasteiger partial charge in [0.1, 0.15) is 11.3 Å². The Morgan fingerprint density at radius 1 is 1.50 bits per heavy atom. The van der Waals surface area contributed by atoms with E-state index in [0.717, 1.165) is 0 Å². The molecule has 2 aromatic rings. The van der Waals surface area contributed by atoms with E-state index < -0.39 is 23.1 Å². The molecular weight excluding hydrogens is 189 g/mol. The highest BCUT2D eigenvalue weighted by Gasteiger charge is 2.19. The maximum absolute atomic E-state index is 13.5. The number of carboxylic acid groups (broad SMARTS) is 1. The van der Waals surface area contributed by atoms with Crippen molar-refractivity contribution >= 4 is 16.9 Å². The number of phenols is 1. The van der Waals surface area contributed by atoms with Crippen LogP contribution in [0.2, 0.25) is 0 Å². The van der Waals surface area contributed by atoms with Gasteiger partial charge in [-0.1, -0.05) is 0 Å². The molecule has 1 aromatic carbocycles. The van der Waals surface area contributed by atoms with Gasteiger partial charge in [0.2, 0.25) is 0 Å². The molecule has 3 N–H and O–H groups in total. The number of H-pyrrole nitrogens is 1. The molecule has 14 heavy (non-hydrogen) atoms. The van der Waals surface area contributed by atoms with Gasteiger partial charge >= 0.3 is 5.97 Å². The molecule has 5 heteroatoms. The Hall–Kier alpha value is -2.04. The predicted molar refractivity (Wildman–Crippen MR) is 46.9 cm³/mol. The van der Waals surface area contributed by atoms with Crippen LogP contribution in [0, 0.1) is 5.82 Å². The Bertz CT molecular complexity index is 518. The lowest BCUT2D eigenvalue weighted by Gasteiger charge is -2.01. The lowest BCUT2D eigenvalue weighted by atomic mass is 10.1. The predicted octanol–water partition coefficient (Wildman–Crippen LogP) is 1.71. The Labute approximate surface area is 77.6 Å². The molecule has 0 fully saturated rings. The molecule has 1 heterocycles. The van der Waals surface area contributed by atoms with Crippen molar-refractivity contribution in [2.75, 3.05) is 0 Å². The molecule has 1 aromatic heterocycles. The number of benzene rings is 1. The van der Waals surface area contributed by atoms with E-state index in [1.54, 1.807) is 0 Å². The van der Waals surface area contributed by atoms with Gasteiger partial charge in [0.05, 0.1) is 5.52 Å². The number of aromatic nitrogens is 1. The second kappa shape index (κ2) is 2.73. The number of aromatic carboxylic acids is 1. The van der Waals surface area contributed by atoms with E-state index in [4.69, 9.17) is 5.11 Å². The summed E-state index contributed by atoms with van der Waals surface area (Å²) in [5.41, 5.74) is -0.331. The van der Waals surface area contributed by atoms with Crippen molar-refractivity contribution in [3.05, 3.63) is 29.7 Å². The molecule has 0 atom stereocenters. The van der Waals surface area contributed by atoms with Crippen molar-refractivity contribution in [2.45, 2.75) is 0 Å². The summed E-state index contributed by atoms with van der Waals surface area (Å²) in [4.78, 5) is 13.3. The van der Waals surface area contributed by atoms with Gasteiger partial charge in [0.15, 0.2) is 5.82 Å². The van der Waals surface area contributed by atoms with Crippen molar-refractivity contribution < 1.29 is 19.4 Å². The van der Waals surface area contributed by atoms with Gasteiger partial charge in [-0.25, -0.2) is 9.18 Å². The molecular formula is C9H6FNO3. The van der Waals surface area contributed by atoms with Crippen LogP contribution in [-0.2, 0) is 0 Å². The first-order valence-electron chi connectivity index (χ1n) is 3.83. The summed E-state index contributed by atoms with van der Waals surface area (Å²) in [5.74, 6) is -2.98. The van der Waals surface area contributed by atoms with Gasteiger partial charge in [0, 0.05) is 17.6 Å². The first-order valence-corrected chi connectivity index (χ1v) is 3.83. The van der Waals surface area contributed by atoms with E-state index in [-0.39, 0.29) is 5.39 Å². The van der Waals surface area contributed by atoms with Crippen LogP contribution in [0.1, 0.15) is 10.4 Å². The standard InChI is InChI=1S/C9H6FNO3/c10-8-4-1-2-11-5(4)3-6(12)7(8)9(13)14/h1-3,11-12H,(H,13,14). The van der Waals surface area contributed by atoms with Crippen LogP contribution in [0.4, 0.5) is 4.39 Å².